The topological polar surface area (TPSA) is 50.9 Å². The molecule has 2 heterocycles. The van der Waals surface area contributed by atoms with Crippen molar-refractivity contribution >= 4 is 0 Å². The lowest BCUT2D eigenvalue weighted by Crippen LogP contribution is -2.13. The van der Waals surface area contributed by atoms with Crippen molar-refractivity contribution in [2.75, 3.05) is 0 Å². The molecule has 0 saturated carbocycles. The van der Waals surface area contributed by atoms with Crippen LogP contribution in [0.3, 0.4) is 0 Å². The molecule has 18 heavy (non-hydrogen) atoms. The van der Waals surface area contributed by atoms with E-state index < -0.39 is 0 Å². The fourth-order valence-electron chi connectivity index (χ4n) is 2.73. The number of nitrogens with zero attached hydrogens (tertiary/aromatic N) is 3. The third-order valence-electron chi connectivity index (χ3n) is 3.66. The number of hydrogen-bond donors (Lipinski definition) is 1. The summed E-state index contributed by atoms with van der Waals surface area (Å²) in [5.74, 6) is 0. The van der Waals surface area contributed by atoms with E-state index in [0.717, 1.165) is 37.1 Å². The molecule has 4 heteroatoms. The van der Waals surface area contributed by atoms with Gasteiger partial charge in [-0.1, -0.05) is 0 Å². The van der Waals surface area contributed by atoms with Gasteiger partial charge >= 0.3 is 0 Å². The summed E-state index contributed by atoms with van der Waals surface area (Å²) in [5.41, 5.74) is 4.57. The summed E-state index contributed by atoms with van der Waals surface area (Å²) in [4.78, 5) is 8.20. The lowest BCUT2D eigenvalue weighted by Gasteiger charge is -2.20. The Morgan fingerprint density at radius 2 is 2.39 bits per heavy atom. The largest absolute Gasteiger partial charge is 0.388 e. The molecular formula is C14H17N3O. The zero-order valence-electron chi connectivity index (χ0n) is 10.5. The van der Waals surface area contributed by atoms with Gasteiger partial charge in [0.2, 0.25) is 0 Å². The van der Waals surface area contributed by atoms with Crippen molar-refractivity contribution in [2.24, 2.45) is 0 Å². The molecule has 0 amide bonds. The molecule has 1 aliphatic carbocycles. The van der Waals surface area contributed by atoms with E-state index in [1.807, 2.05) is 6.07 Å². The second-order valence-electron chi connectivity index (χ2n) is 4.88. The lowest BCUT2D eigenvalue weighted by atomic mass is 9.95. The average Bonchev–Trinajstić information content (AvgIpc) is 2.70. The van der Waals surface area contributed by atoms with Gasteiger partial charge in [-0.05, 0) is 38.3 Å². The van der Waals surface area contributed by atoms with Gasteiger partial charge in [0.15, 0.2) is 0 Å². The molecule has 2 aromatic heterocycles. The van der Waals surface area contributed by atoms with Gasteiger partial charge in [0, 0.05) is 23.1 Å². The Kier molecular flexibility index (Phi) is 2.88. The summed E-state index contributed by atoms with van der Waals surface area (Å²) in [6.45, 7) is 2.85. The number of aromatic nitrogens is 3. The number of fused-ring (bicyclic) bond motifs is 1. The number of aliphatic hydroxyl groups excluding tert-OH is 1. The van der Waals surface area contributed by atoms with E-state index in [9.17, 15) is 5.11 Å². The van der Waals surface area contributed by atoms with Gasteiger partial charge in [-0.2, -0.15) is 0 Å². The van der Waals surface area contributed by atoms with Crippen LogP contribution < -0.4 is 0 Å². The van der Waals surface area contributed by atoms with Crippen LogP contribution in [0, 0.1) is 6.92 Å². The van der Waals surface area contributed by atoms with E-state index in [-0.39, 0.29) is 6.10 Å². The first-order valence-corrected chi connectivity index (χ1v) is 6.37. The highest BCUT2D eigenvalue weighted by Gasteiger charge is 2.23. The van der Waals surface area contributed by atoms with E-state index in [0.29, 0.717) is 0 Å². The fraction of sp³-hybridized carbons (Fsp3) is 0.429. The van der Waals surface area contributed by atoms with Gasteiger partial charge < -0.3 is 9.67 Å². The predicted molar refractivity (Wildman–Crippen MR) is 68.2 cm³/mol. The van der Waals surface area contributed by atoms with Gasteiger partial charge in [-0.15, -0.1) is 0 Å². The molecule has 0 fully saturated rings. The minimum Gasteiger partial charge on any atom is -0.388 e. The number of aryl methyl sites for hydroxylation is 1. The average molecular weight is 243 g/mol. The molecule has 94 valence electrons. The van der Waals surface area contributed by atoms with E-state index in [1.54, 1.807) is 12.5 Å². The van der Waals surface area contributed by atoms with Crippen molar-refractivity contribution in [2.45, 2.75) is 38.8 Å². The summed E-state index contributed by atoms with van der Waals surface area (Å²) in [6.07, 6.45) is 6.04. The van der Waals surface area contributed by atoms with Crippen LogP contribution in [0.1, 0.15) is 41.6 Å². The quantitative estimate of drug-likeness (QED) is 0.877. The molecular weight excluding hydrogens is 226 g/mol. The molecule has 0 spiro atoms. The van der Waals surface area contributed by atoms with Crippen LogP contribution in [0.5, 0.6) is 0 Å². The first-order valence-electron chi connectivity index (χ1n) is 6.37. The smallest absolute Gasteiger partial charge is 0.115 e. The Bertz CT molecular complexity index is 548. The minimum atomic E-state index is -0.293. The maximum atomic E-state index is 10.0. The molecule has 1 atom stereocenters. The van der Waals surface area contributed by atoms with Crippen LogP contribution in [-0.4, -0.2) is 19.6 Å². The lowest BCUT2D eigenvalue weighted by molar-refractivity contribution is 0.155. The van der Waals surface area contributed by atoms with Gasteiger partial charge in [0.1, 0.15) is 6.33 Å². The van der Waals surface area contributed by atoms with Crippen molar-refractivity contribution in [1.82, 2.24) is 14.5 Å². The van der Waals surface area contributed by atoms with Gasteiger partial charge in [0.05, 0.1) is 18.3 Å². The second-order valence-corrected chi connectivity index (χ2v) is 4.88. The Hall–Kier alpha value is -1.68. The number of rotatable bonds is 2. The van der Waals surface area contributed by atoms with Crippen LogP contribution in [0.2, 0.25) is 0 Å². The van der Waals surface area contributed by atoms with Gasteiger partial charge in [-0.25, -0.2) is 9.97 Å². The molecule has 2 aromatic rings. The Morgan fingerprint density at radius 1 is 1.50 bits per heavy atom. The maximum absolute atomic E-state index is 10.0. The van der Waals surface area contributed by atoms with Crippen molar-refractivity contribution < 1.29 is 5.11 Å². The summed E-state index contributed by atoms with van der Waals surface area (Å²) < 4.78 is 2.26. The monoisotopic (exact) mass is 243 g/mol. The van der Waals surface area contributed by atoms with Crippen LogP contribution in [-0.2, 0) is 13.0 Å². The Labute approximate surface area is 106 Å². The molecule has 4 nitrogen and oxygen atoms in total. The molecule has 1 aliphatic rings. The minimum absolute atomic E-state index is 0.293. The van der Waals surface area contributed by atoms with E-state index in [2.05, 4.69) is 27.5 Å². The first kappa shape index (κ1) is 11.4. The van der Waals surface area contributed by atoms with Crippen molar-refractivity contribution in [3.05, 3.63) is 47.3 Å². The first-order chi connectivity index (χ1) is 8.75. The zero-order valence-corrected chi connectivity index (χ0v) is 10.5. The van der Waals surface area contributed by atoms with Crippen LogP contribution >= 0.6 is 0 Å². The van der Waals surface area contributed by atoms with Crippen LogP contribution in [0.25, 0.3) is 0 Å². The standard InChI is InChI=1S/C14H17N3O/c1-10-7-12-13(3-2-4-14(12)18)17(10)8-11-5-6-15-9-16-11/h5-7,9,14,18H,2-4,8H2,1H3. The summed E-state index contributed by atoms with van der Waals surface area (Å²) in [7, 11) is 0. The molecule has 0 radical (unpaired) electrons. The van der Waals surface area contributed by atoms with Crippen LogP contribution in [0.15, 0.2) is 24.7 Å². The Balaban J connectivity index is 1.97. The van der Waals surface area contributed by atoms with Gasteiger partial charge in [-0.3, -0.25) is 0 Å². The number of hydrogen-bond acceptors (Lipinski definition) is 3. The predicted octanol–water partition coefficient (Wildman–Crippen LogP) is 2.00. The molecule has 0 bridgehead atoms. The molecule has 3 rings (SSSR count). The summed E-state index contributed by atoms with van der Waals surface area (Å²) in [6, 6.07) is 4.05. The number of aliphatic hydroxyl groups is 1. The van der Waals surface area contributed by atoms with Crippen molar-refractivity contribution in [1.29, 1.82) is 0 Å². The third-order valence-corrected chi connectivity index (χ3v) is 3.66. The van der Waals surface area contributed by atoms with Crippen molar-refractivity contribution in [3.63, 3.8) is 0 Å². The zero-order chi connectivity index (χ0) is 12.5. The highest BCUT2D eigenvalue weighted by Crippen LogP contribution is 2.32. The van der Waals surface area contributed by atoms with E-state index in [4.69, 9.17) is 0 Å². The SMILES string of the molecule is Cc1cc2c(n1Cc1ccncn1)CCCC2O. The van der Waals surface area contributed by atoms with Crippen molar-refractivity contribution in [3.8, 4) is 0 Å². The third kappa shape index (κ3) is 1.93. The summed E-state index contributed by atoms with van der Waals surface area (Å²) >= 11 is 0. The molecule has 1 unspecified atom stereocenters. The van der Waals surface area contributed by atoms with E-state index in [1.165, 1.54) is 11.4 Å². The molecule has 1 N–H and O–H groups in total. The molecule has 0 saturated heterocycles. The highest BCUT2D eigenvalue weighted by atomic mass is 16.3. The fourth-order valence-corrected chi connectivity index (χ4v) is 2.73. The normalized spacial score (nSPS) is 18.7. The van der Waals surface area contributed by atoms with Gasteiger partial charge in [0.25, 0.3) is 0 Å². The molecule has 0 aliphatic heterocycles. The highest BCUT2D eigenvalue weighted by molar-refractivity contribution is 5.32. The second kappa shape index (κ2) is 4.53. The Morgan fingerprint density at radius 3 is 3.17 bits per heavy atom. The summed E-state index contributed by atoms with van der Waals surface area (Å²) in [5, 5.41) is 10.0. The van der Waals surface area contributed by atoms with Crippen LogP contribution in [0.4, 0.5) is 0 Å². The maximum Gasteiger partial charge on any atom is 0.115 e. The molecule has 0 aromatic carbocycles. The van der Waals surface area contributed by atoms with E-state index >= 15 is 0 Å².